The molecule has 0 radical (unpaired) electrons. The third kappa shape index (κ3) is 2.35. The summed E-state index contributed by atoms with van der Waals surface area (Å²) in [5.74, 6) is 0.588. The minimum absolute atomic E-state index is 0.0735. The van der Waals surface area contributed by atoms with E-state index in [0.717, 1.165) is 5.56 Å². The molecule has 2 aliphatic rings. The molecule has 6 nitrogen and oxygen atoms in total. The fourth-order valence-electron chi connectivity index (χ4n) is 3.02. The van der Waals surface area contributed by atoms with E-state index in [1.807, 2.05) is 31.3 Å². The average Bonchev–Trinajstić information content (AvgIpc) is 3.09. The second-order valence-corrected chi connectivity index (χ2v) is 6.44. The number of carbonyl (C=O) groups excluding carboxylic acids is 1. The summed E-state index contributed by atoms with van der Waals surface area (Å²) in [5.41, 5.74) is 0.796. The fraction of sp³-hybridized carbons (Fsp3) is 0.400. The second-order valence-electron chi connectivity index (χ2n) is 5.67. The summed E-state index contributed by atoms with van der Waals surface area (Å²) in [6, 6.07) is 7.20. The highest BCUT2D eigenvalue weighted by Crippen LogP contribution is 2.34. The minimum atomic E-state index is -0.725. The highest BCUT2D eigenvalue weighted by Gasteiger charge is 2.45. The number of ketones is 1. The molecule has 1 aromatic heterocycles. The smallest absolute Gasteiger partial charge is 0.218 e. The molecule has 0 saturated carbocycles. The number of nitrogens with zero attached hydrogens (tertiary/aromatic N) is 3. The average molecular weight is 352 g/mol. The molecule has 3 atom stereocenters. The molecule has 120 valence electrons. The van der Waals surface area contributed by atoms with Gasteiger partial charge in [0.2, 0.25) is 6.29 Å². The van der Waals surface area contributed by atoms with Crippen molar-refractivity contribution in [1.29, 1.82) is 0 Å². The number of aromatic nitrogens is 3. The van der Waals surface area contributed by atoms with Gasteiger partial charge in [-0.15, -0.1) is 0 Å². The molecule has 0 unspecified atom stereocenters. The van der Waals surface area contributed by atoms with Crippen molar-refractivity contribution < 1.29 is 14.3 Å². The third-order valence-corrected chi connectivity index (χ3v) is 5.04. The summed E-state index contributed by atoms with van der Waals surface area (Å²) in [4.78, 5) is 12.0. The Morgan fingerprint density at radius 2 is 2.17 bits per heavy atom. The maximum atomic E-state index is 12.0. The van der Waals surface area contributed by atoms with E-state index in [4.69, 9.17) is 33.3 Å². The molecule has 0 spiro atoms. The van der Waals surface area contributed by atoms with Gasteiger partial charge < -0.3 is 14.0 Å². The standard InChI is InChI=1S/C15H14ClN3O3S/c1-18-13(8-4-2-3-5-9(8)16)17-19(15(18)23)10-6-11(20)14-21-7-12(10)22-14/h2-5,10,12,14H,6-7H2,1H3/t10-,12-,14-/m0/s1. The molecule has 0 N–H and O–H groups in total. The molecular weight excluding hydrogens is 338 g/mol. The molecule has 2 bridgehead atoms. The molecule has 2 aliphatic heterocycles. The van der Waals surface area contributed by atoms with Crippen molar-refractivity contribution in [2.45, 2.75) is 24.9 Å². The van der Waals surface area contributed by atoms with Gasteiger partial charge in [0.15, 0.2) is 16.4 Å². The lowest BCUT2D eigenvalue weighted by atomic mass is 10.0. The number of Topliss-reactive ketones (excluding diaryl/α,β-unsaturated/α-hetero) is 1. The number of benzene rings is 1. The fourth-order valence-corrected chi connectivity index (χ4v) is 3.50. The Morgan fingerprint density at radius 1 is 1.39 bits per heavy atom. The van der Waals surface area contributed by atoms with Crippen molar-refractivity contribution in [3.63, 3.8) is 0 Å². The molecule has 2 saturated heterocycles. The first-order chi connectivity index (χ1) is 11.1. The van der Waals surface area contributed by atoms with Crippen molar-refractivity contribution in [1.82, 2.24) is 14.3 Å². The van der Waals surface area contributed by atoms with Gasteiger partial charge in [0.25, 0.3) is 0 Å². The zero-order valence-electron chi connectivity index (χ0n) is 12.3. The van der Waals surface area contributed by atoms with Crippen LogP contribution in [0, 0.1) is 4.77 Å². The SMILES string of the molecule is Cn1c(-c2ccccc2Cl)nn([C@H]2CC(=O)[C@H]3OC[C@@H]2O3)c1=S. The van der Waals surface area contributed by atoms with Crippen molar-refractivity contribution in [2.75, 3.05) is 6.61 Å². The van der Waals surface area contributed by atoms with Crippen LogP contribution >= 0.6 is 23.8 Å². The van der Waals surface area contributed by atoms with E-state index in [0.29, 0.717) is 28.6 Å². The lowest BCUT2D eigenvalue weighted by Crippen LogP contribution is -2.37. The lowest BCUT2D eigenvalue weighted by Gasteiger charge is -2.26. The largest absolute Gasteiger partial charge is 0.343 e. The van der Waals surface area contributed by atoms with Crippen LogP contribution < -0.4 is 0 Å². The molecule has 3 heterocycles. The van der Waals surface area contributed by atoms with Gasteiger partial charge in [0.1, 0.15) is 6.10 Å². The van der Waals surface area contributed by atoms with Crippen LogP contribution in [0.1, 0.15) is 12.5 Å². The van der Waals surface area contributed by atoms with Crippen LogP contribution in [0.3, 0.4) is 0 Å². The predicted molar refractivity (Wildman–Crippen MR) is 85.8 cm³/mol. The van der Waals surface area contributed by atoms with Gasteiger partial charge in [0.05, 0.1) is 17.7 Å². The van der Waals surface area contributed by atoms with E-state index < -0.39 is 6.29 Å². The molecule has 4 rings (SSSR count). The number of hydrogen-bond acceptors (Lipinski definition) is 5. The first kappa shape index (κ1) is 15.0. The zero-order chi connectivity index (χ0) is 16.1. The van der Waals surface area contributed by atoms with Crippen LogP contribution in [0.25, 0.3) is 11.4 Å². The van der Waals surface area contributed by atoms with Crippen LogP contribution in [0.2, 0.25) is 5.02 Å². The lowest BCUT2D eigenvalue weighted by molar-refractivity contribution is -0.156. The molecule has 23 heavy (non-hydrogen) atoms. The Labute approximate surface area is 142 Å². The predicted octanol–water partition coefficient (Wildman–Crippen LogP) is 2.53. The molecular formula is C15H14ClN3O3S. The van der Waals surface area contributed by atoms with E-state index in [1.54, 1.807) is 9.25 Å². The summed E-state index contributed by atoms with van der Waals surface area (Å²) >= 11 is 11.8. The Bertz CT molecular complexity index is 847. The number of fused-ring (bicyclic) bond motifs is 2. The van der Waals surface area contributed by atoms with Gasteiger partial charge in [0, 0.05) is 19.0 Å². The normalized spacial score (nSPS) is 26.7. The first-order valence-electron chi connectivity index (χ1n) is 7.26. The molecule has 8 heteroatoms. The molecule has 0 amide bonds. The van der Waals surface area contributed by atoms with Gasteiger partial charge in [-0.3, -0.25) is 4.79 Å². The Balaban J connectivity index is 1.79. The summed E-state index contributed by atoms with van der Waals surface area (Å²) in [6.45, 7) is 0.376. The van der Waals surface area contributed by atoms with Crippen LogP contribution in [-0.2, 0) is 21.3 Å². The second kappa shape index (κ2) is 5.52. The molecule has 2 fully saturated rings. The van der Waals surface area contributed by atoms with Crippen molar-refractivity contribution in [3.8, 4) is 11.4 Å². The van der Waals surface area contributed by atoms with Gasteiger partial charge in [-0.05, 0) is 24.4 Å². The first-order valence-corrected chi connectivity index (χ1v) is 8.05. The number of ether oxygens (including phenoxy) is 2. The number of hydrogen-bond donors (Lipinski definition) is 0. The van der Waals surface area contributed by atoms with E-state index >= 15 is 0 Å². The van der Waals surface area contributed by atoms with Crippen molar-refractivity contribution in [2.24, 2.45) is 7.05 Å². The van der Waals surface area contributed by atoms with E-state index in [2.05, 4.69) is 5.10 Å². The van der Waals surface area contributed by atoms with E-state index in [-0.39, 0.29) is 17.9 Å². The Kier molecular flexibility index (Phi) is 3.60. The van der Waals surface area contributed by atoms with Gasteiger partial charge in [-0.1, -0.05) is 23.7 Å². The maximum absolute atomic E-state index is 12.0. The monoisotopic (exact) mass is 351 g/mol. The number of carbonyl (C=O) groups is 1. The van der Waals surface area contributed by atoms with Gasteiger partial charge >= 0.3 is 0 Å². The Morgan fingerprint density at radius 3 is 2.96 bits per heavy atom. The summed E-state index contributed by atoms with van der Waals surface area (Å²) in [6.07, 6.45) is -0.627. The molecule has 1 aromatic carbocycles. The Hall–Kier alpha value is -1.54. The maximum Gasteiger partial charge on any atom is 0.218 e. The molecule has 0 aliphatic carbocycles. The van der Waals surface area contributed by atoms with Crippen molar-refractivity contribution >= 4 is 29.6 Å². The molecule has 2 aromatic rings. The van der Waals surface area contributed by atoms with Crippen LogP contribution in [-0.4, -0.2) is 39.1 Å². The highest BCUT2D eigenvalue weighted by atomic mass is 35.5. The minimum Gasteiger partial charge on any atom is -0.343 e. The summed E-state index contributed by atoms with van der Waals surface area (Å²) in [7, 11) is 1.84. The number of halogens is 1. The van der Waals surface area contributed by atoms with Gasteiger partial charge in [-0.2, -0.15) is 5.10 Å². The quantitative estimate of drug-likeness (QED) is 0.778. The number of rotatable bonds is 2. The van der Waals surface area contributed by atoms with E-state index in [1.165, 1.54) is 0 Å². The summed E-state index contributed by atoms with van der Waals surface area (Å²) < 4.78 is 14.9. The van der Waals surface area contributed by atoms with Gasteiger partial charge in [-0.25, -0.2) is 4.68 Å². The highest BCUT2D eigenvalue weighted by molar-refractivity contribution is 7.71. The summed E-state index contributed by atoms with van der Waals surface area (Å²) in [5, 5.41) is 5.22. The zero-order valence-corrected chi connectivity index (χ0v) is 13.9. The van der Waals surface area contributed by atoms with Crippen LogP contribution in [0.5, 0.6) is 0 Å². The van der Waals surface area contributed by atoms with Crippen LogP contribution in [0.4, 0.5) is 0 Å². The van der Waals surface area contributed by atoms with E-state index in [9.17, 15) is 4.79 Å². The third-order valence-electron chi connectivity index (χ3n) is 4.24. The van der Waals surface area contributed by atoms with Crippen LogP contribution in [0.15, 0.2) is 24.3 Å². The topological polar surface area (TPSA) is 58.3 Å². The van der Waals surface area contributed by atoms with Crippen molar-refractivity contribution in [3.05, 3.63) is 34.1 Å².